The maximum absolute atomic E-state index is 11.3. The molecule has 0 atom stereocenters. The van der Waals surface area contributed by atoms with Gasteiger partial charge in [-0.05, 0) is 0 Å². The van der Waals surface area contributed by atoms with E-state index in [-0.39, 0.29) is 24.6 Å². The number of para-hydroxylation sites is 1. The van der Waals surface area contributed by atoms with E-state index in [0.29, 0.717) is 0 Å². The Kier molecular flexibility index (Phi) is 4.12. The Morgan fingerprint density at radius 1 is 1.08 bits per heavy atom. The molecule has 1 aromatic rings. The van der Waals surface area contributed by atoms with Crippen LogP contribution in [0.15, 0.2) is 24.3 Å². The molecule has 0 aromatic heterocycles. The van der Waals surface area contributed by atoms with Gasteiger partial charge in [-0.1, -0.05) is 49.1 Å². The van der Waals surface area contributed by atoms with Gasteiger partial charge in [-0.2, -0.15) is 0 Å². The van der Waals surface area contributed by atoms with Crippen LogP contribution in [0.25, 0.3) is 0 Å². The van der Waals surface area contributed by atoms with Crippen LogP contribution in [0.5, 0.6) is 5.75 Å². The molecule has 1 rings (SSSR count). The summed E-state index contributed by atoms with van der Waals surface area (Å²) in [5, 5.41) is 12.3. The van der Waals surface area contributed by atoms with E-state index in [2.05, 4.69) is 19.6 Å². The average molecular weight is 172 g/mol. The van der Waals surface area contributed by atoms with E-state index < -0.39 is 8.07 Å². The van der Waals surface area contributed by atoms with E-state index >= 15 is 0 Å². The molecule has 3 heteroatoms. The van der Waals surface area contributed by atoms with Crippen LogP contribution in [0.2, 0.25) is 19.6 Å². The first-order valence-corrected chi connectivity index (χ1v) is 7.28. The summed E-state index contributed by atoms with van der Waals surface area (Å²) >= 11 is 0. The van der Waals surface area contributed by atoms with Crippen LogP contribution in [0, 0.1) is 0 Å². The maximum Gasteiger partial charge on any atom is 1.00 e. The topological polar surface area (TPSA) is 23.1 Å². The fourth-order valence-electron chi connectivity index (χ4n) is 1.09. The third-order valence-corrected chi connectivity index (χ3v) is 3.72. The minimum Gasteiger partial charge on any atom is -0.873 e. The van der Waals surface area contributed by atoms with Gasteiger partial charge < -0.3 is 5.11 Å². The van der Waals surface area contributed by atoms with Gasteiger partial charge in [-0.15, -0.1) is 5.75 Å². The molecule has 0 aliphatic carbocycles. The molecule has 0 saturated carbocycles. The minimum atomic E-state index is -1.39. The van der Waals surface area contributed by atoms with Crippen molar-refractivity contribution in [3.63, 3.8) is 0 Å². The first-order chi connectivity index (χ1) is 5.02. The summed E-state index contributed by atoms with van der Waals surface area (Å²) in [4.78, 5) is 0. The molecule has 1 nitrogen and oxygen atoms in total. The van der Waals surface area contributed by atoms with Gasteiger partial charge >= 0.3 is 18.9 Å². The molecule has 0 saturated heterocycles. The Bertz CT molecular complexity index is 255. The predicted octanol–water partition coefficient (Wildman–Crippen LogP) is -1.69. The van der Waals surface area contributed by atoms with Crippen LogP contribution >= 0.6 is 0 Å². The minimum absolute atomic E-state index is 0. The van der Waals surface area contributed by atoms with Gasteiger partial charge in [0, 0.05) is 0 Å². The molecule has 0 heterocycles. The number of benzene rings is 1. The average Bonchev–Trinajstić information content (AvgIpc) is 1.86. The summed E-state index contributed by atoms with van der Waals surface area (Å²) in [6.45, 7) is 6.55. The van der Waals surface area contributed by atoms with Crippen molar-refractivity contribution < 1.29 is 24.0 Å². The molecule has 0 radical (unpaired) electrons. The van der Waals surface area contributed by atoms with Crippen LogP contribution in [-0.2, 0) is 0 Å². The molecule has 60 valence electrons. The molecule has 0 amide bonds. The third-order valence-electron chi connectivity index (χ3n) is 1.70. The van der Waals surface area contributed by atoms with E-state index in [1.807, 2.05) is 12.1 Å². The van der Waals surface area contributed by atoms with E-state index in [0.717, 1.165) is 5.19 Å². The van der Waals surface area contributed by atoms with Gasteiger partial charge in [0.05, 0.1) is 8.07 Å². The fourth-order valence-corrected chi connectivity index (χ4v) is 2.51. The van der Waals surface area contributed by atoms with Crippen molar-refractivity contribution in [1.29, 1.82) is 0 Å². The molecular formula is C9H13LiOSi. The molecule has 0 spiro atoms. The molecule has 0 bridgehead atoms. The summed E-state index contributed by atoms with van der Waals surface area (Å²) < 4.78 is 0. The summed E-state index contributed by atoms with van der Waals surface area (Å²) in [6, 6.07) is 7.34. The molecule has 0 aliphatic heterocycles. The van der Waals surface area contributed by atoms with E-state index in [1.165, 1.54) is 0 Å². The van der Waals surface area contributed by atoms with Gasteiger partial charge in [-0.3, -0.25) is 0 Å². The predicted molar refractivity (Wildman–Crippen MR) is 48.9 cm³/mol. The molecule has 0 fully saturated rings. The summed E-state index contributed by atoms with van der Waals surface area (Å²) in [6.07, 6.45) is 0. The Labute approximate surface area is 87.0 Å². The number of hydrogen-bond acceptors (Lipinski definition) is 1. The number of hydrogen-bond donors (Lipinski definition) is 0. The van der Waals surface area contributed by atoms with Gasteiger partial charge in [0.2, 0.25) is 0 Å². The largest absolute Gasteiger partial charge is 1.00 e. The van der Waals surface area contributed by atoms with E-state index in [4.69, 9.17) is 0 Å². The van der Waals surface area contributed by atoms with Crippen molar-refractivity contribution in [3.8, 4) is 5.75 Å². The van der Waals surface area contributed by atoms with Crippen molar-refractivity contribution >= 4 is 13.3 Å². The van der Waals surface area contributed by atoms with Crippen LogP contribution in [0.1, 0.15) is 0 Å². The van der Waals surface area contributed by atoms with E-state index in [9.17, 15) is 5.11 Å². The zero-order chi connectivity index (χ0) is 8.48. The SMILES string of the molecule is C[Si](C)(C)c1ccccc1[O-].[Li+]. The van der Waals surface area contributed by atoms with Crippen molar-refractivity contribution in [3.05, 3.63) is 24.3 Å². The van der Waals surface area contributed by atoms with Crippen LogP contribution in [0.4, 0.5) is 0 Å². The van der Waals surface area contributed by atoms with Gasteiger partial charge in [-0.25, -0.2) is 0 Å². The van der Waals surface area contributed by atoms with Gasteiger partial charge in [0.25, 0.3) is 0 Å². The first-order valence-electron chi connectivity index (χ1n) is 3.78. The molecular weight excluding hydrogens is 159 g/mol. The second-order valence-electron chi connectivity index (χ2n) is 3.75. The smallest absolute Gasteiger partial charge is 0.873 e. The molecule has 12 heavy (non-hydrogen) atoms. The normalized spacial score (nSPS) is 10.6. The van der Waals surface area contributed by atoms with Crippen LogP contribution < -0.4 is 29.2 Å². The summed E-state index contributed by atoms with van der Waals surface area (Å²) in [7, 11) is -1.39. The number of rotatable bonds is 1. The standard InChI is InChI=1S/C9H14OSi.Li/c1-11(2,3)9-7-5-4-6-8(9)10;/h4-7,10H,1-3H3;/q;+1/p-1. The quantitative estimate of drug-likeness (QED) is 0.464. The van der Waals surface area contributed by atoms with E-state index in [1.54, 1.807) is 12.1 Å². The molecule has 1 aromatic carbocycles. The van der Waals surface area contributed by atoms with Crippen molar-refractivity contribution in [2.45, 2.75) is 19.6 Å². The second kappa shape index (κ2) is 4.18. The fraction of sp³-hybridized carbons (Fsp3) is 0.333. The second-order valence-corrected chi connectivity index (χ2v) is 8.78. The Morgan fingerprint density at radius 3 is 1.92 bits per heavy atom. The zero-order valence-electron chi connectivity index (χ0n) is 8.22. The maximum atomic E-state index is 11.3. The Morgan fingerprint density at radius 2 is 1.58 bits per heavy atom. The summed E-state index contributed by atoms with van der Waals surface area (Å²) in [5.74, 6) is 0.201. The van der Waals surface area contributed by atoms with Gasteiger partial charge in [0.1, 0.15) is 0 Å². The zero-order valence-corrected chi connectivity index (χ0v) is 9.22. The van der Waals surface area contributed by atoms with Crippen molar-refractivity contribution in [2.24, 2.45) is 0 Å². The van der Waals surface area contributed by atoms with Crippen LogP contribution in [0.3, 0.4) is 0 Å². The third kappa shape index (κ3) is 2.71. The Balaban J connectivity index is 0.00000121. The van der Waals surface area contributed by atoms with Crippen LogP contribution in [-0.4, -0.2) is 8.07 Å². The van der Waals surface area contributed by atoms with Crippen molar-refractivity contribution in [2.75, 3.05) is 0 Å². The molecule has 0 aliphatic rings. The van der Waals surface area contributed by atoms with Gasteiger partial charge in [0.15, 0.2) is 0 Å². The first kappa shape index (κ1) is 11.8. The molecule has 0 N–H and O–H groups in total. The molecule has 0 unspecified atom stereocenters. The van der Waals surface area contributed by atoms with Crippen molar-refractivity contribution in [1.82, 2.24) is 0 Å². The summed E-state index contributed by atoms with van der Waals surface area (Å²) in [5.41, 5.74) is 0. The monoisotopic (exact) mass is 172 g/mol. The Hall–Kier alpha value is -0.166.